The summed E-state index contributed by atoms with van der Waals surface area (Å²) in [6.07, 6.45) is 2.28. The third kappa shape index (κ3) is 4.32. The molecule has 0 aromatic heterocycles. The first-order chi connectivity index (χ1) is 12.8. The van der Waals surface area contributed by atoms with Gasteiger partial charge >= 0.3 is 0 Å². The van der Waals surface area contributed by atoms with Gasteiger partial charge in [-0.1, -0.05) is 17.7 Å². The molecule has 1 aromatic carbocycles. The minimum atomic E-state index is -3.51. The second-order valence-corrected chi connectivity index (χ2v) is 9.43. The highest BCUT2D eigenvalue weighted by Gasteiger charge is 2.35. The zero-order valence-electron chi connectivity index (χ0n) is 15.6. The highest BCUT2D eigenvalue weighted by molar-refractivity contribution is 7.89. The van der Waals surface area contributed by atoms with Gasteiger partial charge in [-0.2, -0.15) is 4.31 Å². The lowest BCUT2D eigenvalue weighted by Gasteiger charge is -2.36. The van der Waals surface area contributed by atoms with Gasteiger partial charge in [-0.15, -0.1) is 0 Å². The normalized spacial score (nSPS) is 20.6. The predicted molar refractivity (Wildman–Crippen MR) is 101 cm³/mol. The summed E-state index contributed by atoms with van der Waals surface area (Å²) in [5, 5.41) is 0. The fraction of sp³-hybridized carbons (Fsp3) is 0.579. The van der Waals surface area contributed by atoms with Gasteiger partial charge in [-0.05, 0) is 44.7 Å². The highest BCUT2D eigenvalue weighted by Crippen LogP contribution is 2.27. The number of amides is 2. The summed E-state index contributed by atoms with van der Waals surface area (Å²) >= 11 is 0. The van der Waals surface area contributed by atoms with E-state index in [1.807, 2.05) is 6.92 Å². The van der Waals surface area contributed by atoms with Gasteiger partial charge in [-0.3, -0.25) is 9.59 Å². The molecule has 0 spiro atoms. The molecule has 0 aliphatic carbocycles. The molecule has 0 bridgehead atoms. The van der Waals surface area contributed by atoms with Crippen LogP contribution in [0.3, 0.4) is 0 Å². The molecule has 7 nitrogen and oxygen atoms in total. The van der Waals surface area contributed by atoms with Gasteiger partial charge in [0.2, 0.25) is 21.8 Å². The Morgan fingerprint density at radius 2 is 1.44 bits per heavy atom. The molecule has 2 heterocycles. The summed E-state index contributed by atoms with van der Waals surface area (Å²) in [6.45, 7) is 3.72. The predicted octanol–water partition coefficient (Wildman–Crippen LogP) is 1.12. The number of nitrogens with zero attached hydrogens (tertiary/aromatic N) is 2. The van der Waals surface area contributed by atoms with Gasteiger partial charge in [0.25, 0.3) is 0 Å². The van der Waals surface area contributed by atoms with E-state index in [-0.39, 0.29) is 23.7 Å². The number of piperidine rings is 2. The van der Waals surface area contributed by atoms with E-state index in [2.05, 4.69) is 0 Å². The number of likely N-dealkylation sites (tertiary alicyclic amines) is 1. The number of benzene rings is 1. The second kappa shape index (κ2) is 7.98. The van der Waals surface area contributed by atoms with Crippen LogP contribution >= 0.6 is 0 Å². The molecule has 3 rings (SSSR count). The lowest BCUT2D eigenvalue weighted by molar-refractivity contribution is -0.139. The number of hydrogen-bond donors (Lipinski definition) is 1. The largest absolute Gasteiger partial charge is 0.369 e. The summed E-state index contributed by atoms with van der Waals surface area (Å²) in [6, 6.07) is 6.84. The van der Waals surface area contributed by atoms with E-state index in [4.69, 9.17) is 5.73 Å². The summed E-state index contributed by atoms with van der Waals surface area (Å²) < 4.78 is 27.0. The third-order valence-electron chi connectivity index (χ3n) is 5.67. The average Bonchev–Trinajstić information content (AvgIpc) is 2.68. The maximum atomic E-state index is 12.8. The number of nitrogens with two attached hydrogens (primary N) is 1. The van der Waals surface area contributed by atoms with Crippen LogP contribution in [0.2, 0.25) is 0 Å². The zero-order valence-corrected chi connectivity index (χ0v) is 16.5. The van der Waals surface area contributed by atoms with Crippen molar-refractivity contribution in [3.8, 4) is 0 Å². The van der Waals surface area contributed by atoms with Crippen LogP contribution in [-0.2, 0) is 19.6 Å². The van der Waals surface area contributed by atoms with Gasteiger partial charge in [-0.25, -0.2) is 8.42 Å². The van der Waals surface area contributed by atoms with Gasteiger partial charge in [0.05, 0.1) is 4.90 Å². The monoisotopic (exact) mass is 393 g/mol. The number of hydrogen-bond acceptors (Lipinski definition) is 4. The average molecular weight is 394 g/mol. The Bertz CT molecular complexity index is 791. The number of primary amides is 1. The Morgan fingerprint density at radius 1 is 0.926 bits per heavy atom. The molecule has 2 amide bonds. The van der Waals surface area contributed by atoms with Gasteiger partial charge in [0.1, 0.15) is 0 Å². The highest BCUT2D eigenvalue weighted by atomic mass is 32.2. The Hall–Kier alpha value is -1.93. The van der Waals surface area contributed by atoms with Crippen molar-refractivity contribution in [3.63, 3.8) is 0 Å². The first-order valence-corrected chi connectivity index (χ1v) is 10.9. The fourth-order valence-corrected chi connectivity index (χ4v) is 5.31. The van der Waals surface area contributed by atoms with Crippen LogP contribution in [0.25, 0.3) is 0 Å². The summed E-state index contributed by atoms with van der Waals surface area (Å²) in [5.41, 5.74) is 6.35. The van der Waals surface area contributed by atoms with E-state index in [0.29, 0.717) is 56.8 Å². The van der Waals surface area contributed by atoms with Gasteiger partial charge < -0.3 is 10.6 Å². The van der Waals surface area contributed by atoms with Crippen LogP contribution in [0.4, 0.5) is 0 Å². The van der Waals surface area contributed by atoms with Crippen LogP contribution in [0.15, 0.2) is 29.2 Å². The SMILES string of the molecule is Cc1ccc(S(=O)(=O)N2CCC(C(=O)N3CCC(C(N)=O)CC3)CC2)cc1. The van der Waals surface area contributed by atoms with Crippen LogP contribution in [0, 0.1) is 18.8 Å². The van der Waals surface area contributed by atoms with Crippen LogP contribution in [0.5, 0.6) is 0 Å². The second-order valence-electron chi connectivity index (χ2n) is 7.49. The number of rotatable bonds is 4. The Balaban J connectivity index is 1.56. The van der Waals surface area contributed by atoms with Gasteiger partial charge in [0, 0.05) is 38.0 Å². The summed E-state index contributed by atoms with van der Waals surface area (Å²) in [7, 11) is -3.51. The smallest absolute Gasteiger partial charge is 0.243 e. The molecule has 27 heavy (non-hydrogen) atoms. The first-order valence-electron chi connectivity index (χ1n) is 9.44. The van der Waals surface area contributed by atoms with E-state index in [9.17, 15) is 18.0 Å². The third-order valence-corrected chi connectivity index (χ3v) is 7.58. The number of sulfonamides is 1. The lowest BCUT2D eigenvalue weighted by atomic mass is 9.92. The quantitative estimate of drug-likeness (QED) is 0.828. The van der Waals surface area contributed by atoms with Crippen molar-refractivity contribution in [3.05, 3.63) is 29.8 Å². The van der Waals surface area contributed by atoms with Crippen molar-refractivity contribution in [2.24, 2.45) is 17.6 Å². The van der Waals surface area contributed by atoms with Crippen molar-refractivity contribution in [2.75, 3.05) is 26.2 Å². The van der Waals surface area contributed by atoms with Crippen LogP contribution in [-0.4, -0.2) is 55.6 Å². The van der Waals surface area contributed by atoms with Crippen molar-refractivity contribution < 1.29 is 18.0 Å². The standard InChI is InChI=1S/C19H27N3O4S/c1-14-2-4-17(5-3-14)27(25,26)22-12-8-16(9-13-22)19(24)21-10-6-15(7-11-21)18(20)23/h2-5,15-16H,6-13H2,1H3,(H2,20,23). The van der Waals surface area contributed by atoms with Crippen molar-refractivity contribution in [1.82, 2.24) is 9.21 Å². The maximum absolute atomic E-state index is 12.8. The minimum Gasteiger partial charge on any atom is -0.369 e. The Kier molecular flexibility index (Phi) is 5.86. The molecule has 0 radical (unpaired) electrons. The zero-order chi connectivity index (χ0) is 19.6. The van der Waals surface area contributed by atoms with Crippen molar-refractivity contribution in [1.29, 1.82) is 0 Å². The molecule has 2 aliphatic heterocycles. The molecule has 2 N–H and O–H groups in total. The molecule has 148 valence electrons. The molecular formula is C19H27N3O4S. The minimum absolute atomic E-state index is 0.0744. The van der Waals surface area contributed by atoms with E-state index in [1.54, 1.807) is 29.2 Å². The molecule has 2 aliphatic rings. The lowest BCUT2D eigenvalue weighted by Crippen LogP contribution is -2.47. The molecule has 2 fully saturated rings. The maximum Gasteiger partial charge on any atom is 0.243 e. The summed E-state index contributed by atoms with van der Waals surface area (Å²) in [5.74, 6) is -0.517. The molecule has 8 heteroatoms. The molecular weight excluding hydrogens is 366 g/mol. The van der Waals surface area contributed by atoms with Crippen molar-refractivity contribution >= 4 is 21.8 Å². The Morgan fingerprint density at radius 3 is 1.96 bits per heavy atom. The van der Waals surface area contributed by atoms with Crippen LogP contribution in [0.1, 0.15) is 31.2 Å². The van der Waals surface area contributed by atoms with E-state index < -0.39 is 10.0 Å². The van der Waals surface area contributed by atoms with E-state index in [1.165, 1.54) is 4.31 Å². The molecule has 0 unspecified atom stereocenters. The molecule has 0 atom stereocenters. The molecule has 0 saturated carbocycles. The van der Waals surface area contributed by atoms with E-state index in [0.717, 1.165) is 5.56 Å². The summed E-state index contributed by atoms with van der Waals surface area (Å²) in [4.78, 5) is 26.1. The first kappa shape index (κ1) is 19.8. The fourth-order valence-electron chi connectivity index (χ4n) is 3.85. The number of carbonyl (C=O) groups is 2. The topological polar surface area (TPSA) is 101 Å². The van der Waals surface area contributed by atoms with Crippen molar-refractivity contribution in [2.45, 2.75) is 37.5 Å². The Labute approximate surface area is 160 Å². The molecule has 1 aromatic rings. The van der Waals surface area contributed by atoms with Gasteiger partial charge in [0.15, 0.2) is 0 Å². The molecule has 2 saturated heterocycles. The number of carbonyl (C=O) groups excluding carboxylic acids is 2. The van der Waals surface area contributed by atoms with E-state index >= 15 is 0 Å². The number of aryl methyl sites for hydroxylation is 1. The van der Waals surface area contributed by atoms with Crippen LogP contribution < -0.4 is 5.73 Å².